The predicted octanol–water partition coefficient (Wildman–Crippen LogP) is 4.03. The van der Waals surface area contributed by atoms with E-state index in [0.717, 1.165) is 28.0 Å². The summed E-state index contributed by atoms with van der Waals surface area (Å²) in [5, 5.41) is 12.7. The molecule has 1 atom stereocenters. The number of hydrogen-bond donors (Lipinski definition) is 2. The first-order chi connectivity index (χ1) is 10.6. The van der Waals surface area contributed by atoms with E-state index < -0.39 is 0 Å². The van der Waals surface area contributed by atoms with E-state index in [0.29, 0.717) is 6.54 Å². The van der Waals surface area contributed by atoms with Crippen LogP contribution in [0.1, 0.15) is 35.2 Å². The molecule has 0 fully saturated rings. The van der Waals surface area contributed by atoms with Crippen LogP contribution < -0.4 is 5.32 Å². The molecule has 0 saturated carbocycles. The smallest absolute Gasteiger partial charge is 0.123 e. The SMILES string of the molecule is CSCc1cc(F)ccc1CNC(C)c1cccc(CO)c1. The molecule has 0 bridgehead atoms. The van der Waals surface area contributed by atoms with Crippen molar-refractivity contribution in [2.75, 3.05) is 6.26 Å². The first-order valence-corrected chi connectivity index (χ1v) is 8.72. The van der Waals surface area contributed by atoms with E-state index in [9.17, 15) is 9.50 Å². The fourth-order valence-corrected chi connectivity index (χ4v) is 2.98. The summed E-state index contributed by atoms with van der Waals surface area (Å²) >= 11 is 1.69. The summed E-state index contributed by atoms with van der Waals surface area (Å²) in [7, 11) is 0. The molecule has 2 aromatic carbocycles. The molecule has 1 unspecified atom stereocenters. The average molecular weight is 319 g/mol. The van der Waals surface area contributed by atoms with Crippen LogP contribution in [0.15, 0.2) is 42.5 Å². The molecule has 0 amide bonds. The zero-order chi connectivity index (χ0) is 15.9. The molecule has 0 radical (unpaired) electrons. The molecule has 0 aliphatic carbocycles. The summed E-state index contributed by atoms with van der Waals surface area (Å²) in [5.74, 6) is 0.625. The second-order valence-corrected chi connectivity index (χ2v) is 6.22. The monoisotopic (exact) mass is 319 g/mol. The van der Waals surface area contributed by atoms with Crippen molar-refractivity contribution in [3.63, 3.8) is 0 Å². The summed E-state index contributed by atoms with van der Waals surface area (Å²) in [6, 6.07) is 13.1. The van der Waals surface area contributed by atoms with Gasteiger partial charge in [-0.25, -0.2) is 4.39 Å². The molecular formula is C18H22FNOS. The van der Waals surface area contributed by atoms with Gasteiger partial charge in [-0.2, -0.15) is 11.8 Å². The van der Waals surface area contributed by atoms with Crippen molar-refractivity contribution in [3.8, 4) is 0 Å². The summed E-state index contributed by atoms with van der Waals surface area (Å²) in [5.41, 5.74) is 4.22. The van der Waals surface area contributed by atoms with Gasteiger partial charge >= 0.3 is 0 Å². The fourth-order valence-electron chi connectivity index (χ4n) is 2.40. The highest BCUT2D eigenvalue weighted by Gasteiger charge is 2.08. The molecule has 0 aliphatic heterocycles. The van der Waals surface area contributed by atoms with Crippen LogP contribution >= 0.6 is 11.8 Å². The van der Waals surface area contributed by atoms with Gasteiger partial charge in [0, 0.05) is 18.3 Å². The molecule has 2 rings (SSSR count). The molecule has 2 nitrogen and oxygen atoms in total. The van der Waals surface area contributed by atoms with E-state index in [1.165, 1.54) is 6.07 Å². The van der Waals surface area contributed by atoms with Crippen LogP contribution in [-0.2, 0) is 18.9 Å². The average Bonchev–Trinajstić information content (AvgIpc) is 2.54. The molecule has 0 saturated heterocycles. The minimum Gasteiger partial charge on any atom is -0.392 e. The van der Waals surface area contributed by atoms with Crippen LogP contribution in [0, 0.1) is 5.82 Å². The van der Waals surface area contributed by atoms with Crippen LogP contribution in [-0.4, -0.2) is 11.4 Å². The Balaban J connectivity index is 2.05. The van der Waals surface area contributed by atoms with Gasteiger partial charge in [0.1, 0.15) is 5.82 Å². The van der Waals surface area contributed by atoms with E-state index in [1.54, 1.807) is 17.8 Å². The second-order valence-electron chi connectivity index (χ2n) is 5.35. The number of benzene rings is 2. The first-order valence-electron chi connectivity index (χ1n) is 7.33. The van der Waals surface area contributed by atoms with Gasteiger partial charge < -0.3 is 10.4 Å². The largest absolute Gasteiger partial charge is 0.392 e. The third kappa shape index (κ3) is 4.57. The van der Waals surface area contributed by atoms with Crippen LogP contribution in [0.5, 0.6) is 0 Å². The lowest BCUT2D eigenvalue weighted by Gasteiger charge is -2.17. The molecule has 118 valence electrons. The van der Waals surface area contributed by atoms with Crippen LogP contribution in [0.4, 0.5) is 4.39 Å². The highest BCUT2D eigenvalue weighted by molar-refractivity contribution is 7.97. The van der Waals surface area contributed by atoms with Gasteiger partial charge in [0.05, 0.1) is 6.61 Å². The molecule has 22 heavy (non-hydrogen) atoms. The zero-order valence-electron chi connectivity index (χ0n) is 13.0. The topological polar surface area (TPSA) is 32.3 Å². The molecule has 4 heteroatoms. The minimum absolute atomic E-state index is 0.0520. The van der Waals surface area contributed by atoms with Crippen LogP contribution in [0.2, 0.25) is 0 Å². The Hall–Kier alpha value is -1.36. The standard InChI is InChI=1S/C18H22FNOS/c1-13(15-5-3-4-14(8-15)11-21)20-10-16-6-7-18(19)9-17(16)12-22-2/h3-9,13,20-21H,10-12H2,1-2H3. The lowest BCUT2D eigenvalue weighted by molar-refractivity contribution is 0.281. The Labute approximate surface area is 135 Å². The molecule has 0 aliphatic rings. The third-order valence-electron chi connectivity index (χ3n) is 3.70. The lowest BCUT2D eigenvalue weighted by Crippen LogP contribution is -2.19. The van der Waals surface area contributed by atoms with E-state index >= 15 is 0 Å². The van der Waals surface area contributed by atoms with Gasteiger partial charge in [0.15, 0.2) is 0 Å². The Bertz CT molecular complexity index is 618. The van der Waals surface area contributed by atoms with Crippen molar-refractivity contribution in [2.45, 2.75) is 31.9 Å². The fraction of sp³-hybridized carbons (Fsp3) is 0.333. The Morgan fingerprint density at radius 1 is 1.18 bits per heavy atom. The summed E-state index contributed by atoms with van der Waals surface area (Å²) in [6.07, 6.45) is 2.02. The first kappa shape index (κ1) is 17.0. The number of aliphatic hydroxyl groups is 1. The van der Waals surface area contributed by atoms with Gasteiger partial charge in [-0.05, 0) is 47.6 Å². The molecule has 0 aromatic heterocycles. The van der Waals surface area contributed by atoms with E-state index in [4.69, 9.17) is 0 Å². The highest BCUT2D eigenvalue weighted by atomic mass is 32.2. The molecular weight excluding hydrogens is 297 g/mol. The Morgan fingerprint density at radius 2 is 2.00 bits per heavy atom. The summed E-state index contributed by atoms with van der Waals surface area (Å²) in [6.45, 7) is 2.84. The van der Waals surface area contributed by atoms with Gasteiger partial charge in [-0.3, -0.25) is 0 Å². The minimum atomic E-state index is -0.184. The number of thioether (sulfide) groups is 1. The lowest BCUT2D eigenvalue weighted by atomic mass is 10.0. The van der Waals surface area contributed by atoms with Gasteiger partial charge in [0.25, 0.3) is 0 Å². The van der Waals surface area contributed by atoms with Crippen LogP contribution in [0.25, 0.3) is 0 Å². The van der Waals surface area contributed by atoms with Crippen molar-refractivity contribution in [2.24, 2.45) is 0 Å². The zero-order valence-corrected chi connectivity index (χ0v) is 13.8. The normalized spacial score (nSPS) is 12.4. The molecule has 2 aromatic rings. The number of aliphatic hydroxyl groups excluding tert-OH is 1. The predicted molar refractivity (Wildman–Crippen MR) is 91.2 cm³/mol. The number of hydrogen-bond acceptors (Lipinski definition) is 3. The summed E-state index contributed by atoms with van der Waals surface area (Å²) in [4.78, 5) is 0. The summed E-state index contributed by atoms with van der Waals surface area (Å²) < 4.78 is 13.4. The van der Waals surface area contributed by atoms with Crippen molar-refractivity contribution < 1.29 is 9.50 Å². The molecule has 0 spiro atoms. The van der Waals surface area contributed by atoms with Crippen molar-refractivity contribution in [1.29, 1.82) is 0 Å². The second kappa shape index (κ2) is 8.32. The maximum Gasteiger partial charge on any atom is 0.123 e. The number of nitrogens with one attached hydrogen (secondary N) is 1. The molecule has 2 N–H and O–H groups in total. The third-order valence-corrected chi connectivity index (χ3v) is 4.30. The highest BCUT2D eigenvalue weighted by Crippen LogP contribution is 2.19. The van der Waals surface area contributed by atoms with Crippen LogP contribution in [0.3, 0.4) is 0 Å². The molecule has 0 heterocycles. The van der Waals surface area contributed by atoms with E-state index in [-0.39, 0.29) is 18.5 Å². The van der Waals surface area contributed by atoms with Gasteiger partial charge in [0.2, 0.25) is 0 Å². The maximum absolute atomic E-state index is 13.4. The quantitative estimate of drug-likeness (QED) is 0.808. The van der Waals surface area contributed by atoms with Gasteiger partial charge in [-0.1, -0.05) is 30.3 Å². The number of halogens is 1. The van der Waals surface area contributed by atoms with Crippen molar-refractivity contribution in [3.05, 3.63) is 70.5 Å². The Morgan fingerprint density at radius 3 is 2.73 bits per heavy atom. The van der Waals surface area contributed by atoms with Crippen molar-refractivity contribution >= 4 is 11.8 Å². The van der Waals surface area contributed by atoms with Gasteiger partial charge in [-0.15, -0.1) is 0 Å². The van der Waals surface area contributed by atoms with E-state index in [2.05, 4.69) is 12.2 Å². The van der Waals surface area contributed by atoms with Crippen molar-refractivity contribution in [1.82, 2.24) is 5.32 Å². The maximum atomic E-state index is 13.4. The Kier molecular flexibility index (Phi) is 6.43. The van der Waals surface area contributed by atoms with E-state index in [1.807, 2.05) is 36.6 Å². The number of rotatable bonds is 7.